The van der Waals surface area contributed by atoms with Gasteiger partial charge in [-0.05, 0) is 30.7 Å². The number of rotatable bonds is 6. The van der Waals surface area contributed by atoms with Crippen LogP contribution < -0.4 is 15.4 Å². The van der Waals surface area contributed by atoms with E-state index in [0.717, 1.165) is 12.2 Å². The maximum atomic E-state index is 10.5. The Bertz CT molecular complexity index is 362. The zero-order valence-electron chi connectivity index (χ0n) is 8.88. The van der Waals surface area contributed by atoms with Crippen LogP contribution in [0.5, 0.6) is 5.75 Å². The summed E-state index contributed by atoms with van der Waals surface area (Å²) in [6.07, 6.45) is 0.930. The summed E-state index contributed by atoms with van der Waals surface area (Å²) in [4.78, 5) is 17.1. The molecule has 0 aliphatic carbocycles. The van der Waals surface area contributed by atoms with E-state index >= 15 is 0 Å². The van der Waals surface area contributed by atoms with Gasteiger partial charge < -0.3 is 19.9 Å². The highest BCUT2D eigenvalue weighted by molar-refractivity contribution is 7.49. The Morgan fingerprint density at radius 3 is 2.44 bits per heavy atom. The van der Waals surface area contributed by atoms with E-state index in [1.165, 1.54) is 0 Å². The lowest BCUT2D eigenvalue weighted by Crippen LogP contribution is -2.17. The van der Waals surface area contributed by atoms with Crippen LogP contribution in [0.2, 0.25) is 0 Å². The fraction of sp³-hybridized carbons (Fsp3) is 0.333. The molecule has 0 fully saturated rings. The minimum atomic E-state index is -4.25. The van der Waals surface area contributed by atoms with Gasteiger partial charge in [0.15, 0.2) is 0 Å². The summed E-state index contributed by atoms with van der Waals surface area (Å²) in [6, 6.07) is 6.76. The lowest BCUT2D eigenvalue weighted by molar-refractivity contribution is 0.317. The maximum absolute atomic E-state index is 10.5. The molecule has 0 radical (unpaired) electrons. The lowest BCUT2D eigenvalue weighted by atomic mass is 10.3. The zero-order valence-corrected chi connectivity index (χ0v) is 9.78. The standard InChI is InChI=1S/C9H15N2O4P/c1-2-7-15-9-5-3-8(4-6-9)10-11-16(12,13)14/h3-6,10H,2,7H2,1H3,(H3,11,12,13,14). The molecule has 0 aromatic heterocycles. The number of hydrazine groups is 1. The van der Waals surface area contributed by atoms with E-state index in [2.05, 4.69) is 5.43 Å². The minimum absolute atomic E-state index is 0.548. The topological polar surface area (TPSA) is 90.8 Å². The highest BCUT2D eigenvalue weighted by Crippen LogP contribution is 2.28. The summed E-state index contributed by atoms with van der Waals surface area (Å²) >= 11 is 0. The van der Waals surface area contributed by atoms with Crippen molar-refractivity contribution in [2.24, 2.45) is 0 Å². The molecule has 0 unspecified atom stereocenters. The third kappa shape index (κ3) is 5.14. The normalized spacial score (nSPS) is 11.2. The summed E-state index contributed by atoms with van der Waals surface area (Å²) in [5.74, 6) is 0.726. The number of benzene rings is 1. The van der Waals surface area contributed by atoms with Crippen molar-refractivity contribution >= 4 is 13.4 Å². The van der Waals surface area contributed by atoms with Gasteiger partial charge in [-0.2, -0.15) is 0 Å². The van der Waals surface area contributed by atoms with Crippen molar-refractivity contribution in [3.05, 3.63) is 24.3 Å². The fourth-order valence-electron chi connectivity index (χ4n) is 0.992. The van der Waals surface area contributed by atoms with Gasteiger partial charge in [0.1, 0.15) is 5.75 Å². The first-order valence-electron chi connectivity index (χ1n) is 4.83. The van der Waals surface area contributed by atoms with Crippen molar-refractivity contribution in [1.82, 2.24) is 5.20 Å². The molecular weight excluding hydrogens is 231 g/mol. The largest absolute Gasteiger partial charge is 0.494 e. The molecular formula is C9H15N2O4P. The molecule has 0 atom stereocenters. The van der Waals surface area contributed by atoms with Crippen molar-refractivity contribution in [3.63, 3.8) is 0 Å². The van der Waals surface area contributed by atoms with E-state index in [1.807, 2.05) is 12.1 Å². The van der Waals surface area contributed by atoms with Crippen LogP contribution in [0, 0.1) is 0 Å². The Balaban J connectivity index is 2.48. The highest BCUT2D eigenvalue weighted by Gasteiger charge is 2.10. The van der Waals surface area contributed by atoms with Crippen LogP contribution in [0.3, 0.4) is 0 Å². The Morgan fingerprint density at radius 1 is 1.31 bits per heavy atom. The molecule has 0 aliphatic rings. The number of hydrogen-bond donors (Lipinski definition) is 4. The van der Waals surface area contributed by atoms with E-state index in [-0.39, 0.29) is 0 Å². The van der Waals surface area contributed by atoms with Crippen LogP contribution in [-0.2, 0) is 4.57 Å². The average Bonchev–Trinajstić information content (AvgIpc) is 2.24. The quantitative estimate of drug-likeness (QED) is 0.449. The maximum Gasteiger partial charge on any atom is 0.417 e. The van der Waals surface area contributed by atoms with Crippen LogP contribution in [0.25, 0.3) is 0 Å². The van der Waals surface area contributed by atoms with Crippen LogP contribution in [0.15, 0.2) is 24.3 Å². The SMILES string of the molecule is CCCOc1ccc(NNP(=O)(O)O)cc1. The van der Waals surface area contributed by atoms with Gasteiger partial charge in [-0.3, -0.25) is 0 Å². The molecule has 1 aromatic rings. The molecule has 0 aliphatic heterocycles. The van der Waals surface area contributed by atoms with E-state index in [0.29, 0.717) is 12.3 Å². The second-order valence-electron chi connectivity index (χ2n) is 3.15. The molecule has 0 saturated carbocycles. The molecule has 7 heteroatoms. The average molecular weight is 246 g/mol. The van der Waals surface area contributed by atoms with E-state index in [9.17, 15) is 4.57 Å². The minimum Gasteiger partial charge on any atom is -0.494 e. The second kappa shape index (κ2) is 5.86. The summed E-state index contributed by atoms with van der Waals surface area (Å²) in [6.45, 7) is 2.66. The van der Waals surface area contributed by atoms with Gasteiger partial charge in [-0.15, -0.1) is 5.20 Å². The van der Waals surface area contributed by atoms with E-state index < -0.39 is 7.75 Å². The van der Waals surface area contributed by atoms with Gasteiger partial charge in [0.25, 0.3) is 0 Å². The summed E-state index contributed by atoms with van der Waals surface area (Å²) < 4.78 is 15.9. The molecule has 1 rings (SSSR count). The van der Waals surface area contributed by atoms with Crippen molar-refractivity contribution in [2.45, 2.75) is 13.3 Å². The molecule has 0 bridgehead atoms. The first-order valence-corrected chi connectivity index (χ1v) is 6.44. The molecule has 0 spiro atoms. The smallest absolute Gasteiger partial charge is 0.417 e. The van der Waals surface area contributed by atoms with Gasteiger partial charge in [0, 0.05) is 5.69 Å². The fourth-order valence-corrected chi connectivity index (χ4v) is 1.27. The first-order chi connectivity index (χ1) is 7.51. The van der Waals surface area contributed by atoms with Gasteiger partial charge >= 0.3 is 7.75 Å². The highest BCUT2D eigenvalue weighted by atomic mass is 31.2. The number of nitrogens with one attached hydrogen (secondary N) is 2. The lowest BCUT2D eigenvalue weighted by Gasteiger charge is -2.10. The van der Waals surface area contributed by atoms with Crippen LogP contribution in [0.1, 0.15) is 13.3 Å². The van der Waals surface area contributed by atoms with Crippen LogP contribution >= 0.6 is 7.75 Å². The molecule has 0 amide bonds. The number of anilines is 1. The molecule has 0 saturated heterocycles. The van der Waals surface area contributed by atoms with Crippen molar-refractivity contribution in [1.29, 1.82) is 0 Å². The van der Waals surface area contributed by atoms with Gasteiger partial charge in [-0.25, -0.2) is 4.57 Å². The predicted octanol–water partition coefficient (Wildman–Crippen LogP) is 1.48. The molecule has 90 valence electrons. The molecule has 4 N–H and O–H groups in total. The predicted molar refractivity (Wildman–Crippen MR) is 61.0 cm³/mol. The molecule has 0 heterocycles. The van der Waals surface area contributed by atoms with Crippen molar-refractivity contribution in [3.8, 4) is 5.75 Å². The van der Waals surface area contributed by atoms with Crippen molar-refractivity contribution < 1.29 is 19.1 Å². The first kappa shape index (κ1) is 13.0. The van der Waals surface area contributed by atoms with Gasteiger partial charge in [0.2, 0.25) is 0 Å². The molecule has 1 aromatic carbocycles. The zero-order chi connectivity index (χ0) is 12.0. The third-order valence-electron chi connectivity index (χ3n) is 1.67. The summed E-state index contributed by atoms with van der Waals surface area (Å²) in [5.41, 5.74) is 2.95. The Kier molecular flexibility index (Phi) is 4.76. The van der Waals surface area contributed by atoms with Gasteiger partial charge in [-0.1, -0.05) is 6.92 Å². The van der Waals surface area contributed by atoms with Crippen LogP contribution in [0.4, 0.5) is 5.69 Å². The summed E-state index contributed by atoms with van der Waals surface area (Å²) in [7, 11) is -4.25. The van der Waals surface area contributed by atoms with E-state index in [1.54, 1.807) is 24.3 Å². The van der Waals surface area contributed by atoms with Gasteiger partial charge in [0.05, 0.1) is 6.61 Å². The van der Waals surface area contributed by atoms with Crippen molar-refractivity contribution in [2.75, 3.05) is 12.0 Å². The Hall–Kier alpha value is -1.07. The molecule has 16 heavy (non-hydrogen) atoms. The number of hydrogen-bond acceptors (Lipinski definition) is 3. The third-order valence-corrected chi connectivity index (χ3v) is 2.08. The monoisotopic (exact) mass is 246 g/mol. The van der Waals surface area contributed by atoms with E-state index in [4.69, 9.17) is 14.5 Å². The Morgan fingerprint density at radius 2 is 1.94 bits per heavy atom. The number of ether oxygens (including phenoxy) is 1. The summed E-state index contributed by atoms with van der Waals surface area (Å²) in [5, 5.41) is 1.88. The second-order valence-corrected chi connectivity index (χ2v) is 4.47. The Labute approximate surface area is 93.8 Å². The molecule has 6 nitrogen and oxygen atoms in total. The van der Waals surface area contributed by atoms with Crippen LogP contribution in [-0.4, -0.2) is 16.4 Å².